The molecule has 7 nitrogen and oxygen atoms in total. The van der Waals surface area contributed by atoms with Crippen molar-refractivity contribution >= 4 is 44.0 Å². The Kier molecular flexibility index (Phi) is 4.99. The number of nitrogens with zero attached hydrogens (tertiary/aromatic N) is 3. The number of phenolic OH excluding ortho intramolecular Hbond substituents is 1. The molecule has 8 heteroatoms. The first-order valence-electron chi connectivity index (χ1n) is 9.66. The van der Waals surface area contributed by atoms with Gasteiger partial charge in [-0.3, -0.25) is 4.79 Å². The molecule has 2 aromatic heterocycles. The van der Waals surface area contributed by atoms with Crippen molar-refractivity contribution in [2.24, 2.45) is 5.10 Å². The summed E-state index contributed by atoms with van der Waals surface area (Å²) in [5.74, 6) is 1.02. The molecule has 0 atom stereocenters. The van der Waals surface area contributed by atoms with Gasteiger partial charge in [0.05, 0.1) is 24.2 Å². The van der Waals surface area contributed by atoms with Crippen LogP contribution in [0.4, 0.5) is 0 Å². The van der Waals surface area contributed by atoms with Crippen LogP contribution in [0.25, 0.3) is 33.5 Å². The second-order valence-corrected chi connectivity index (χ2v) is 7.95. The number of ether oxygens (including phenoxy) is 1. The van der Waals surface area contributed by atoms with E-state index in [2.05, 4.69) is 26.0 Å². The molecule has 32 heavy (non-hydrogen) atoms. The highest BCUT2D eigenvalue weighted by Gasteiger charge is 2.16. The molecule has 2 heterocycles. The number of aromatic nitrogens is 2. The van der Waals surface area contributed by atoms with Crippen LogP contribution in [0.15, 0.2) is 85.5 Å². The molecule has 5 aromatic rings. The van der Waals surface area contributed by atoms with Gasteiger partial charge in [0.15, 0.2) is 17.3 Å². The first-order valence-corrected chi connectivity index (χ1v) is 10.5. The number of fused-ring (bicyclic) bond motifs is 2. The minimum atomic E-state index is -0.325. The van der Waals surface area contributed by atoms with Crippen LogP contribution >= 0.6 is 15.9 Å². The second-order valence-electron chi connectivity index (χ2n) is 7.04. The van der Waals surface area contributed by atoms with Crippen molar-refractivity contribution in [2.45, 2.75) is 0 Å². The number of hydrogen-bond acceptors (Lipinski definition) is 6. The fourth-order valence-electron chi connectivity index (χ4n) is 3.41. The number of hydrogen-bond donors (Lipinski definition) is 1. The molecule has 0 fully saturated rings. The number of rotatable bonds is 4. The highest BCUT2D eigenvalue weighted by Crippen LogP contribution is 2.29. The third kappa shape index (κ3) is 3.54. The Morgan fingerprint density at radius 3 is 2.81 bits per heavy atom. The van der Waals surface area contributed by atoms with E-state index in [1.807, 2.05) is 30.3 Å². The third-order valence-electron chi connectivity index (χ3n) is 4.98. The van der Waals surface area contributed by atoms with E-state index in [9.17, 15) is 9.90 Å². The summed E-state index contributed by atoms with van der Waals surface area (Å²) in [5, 5.41) is 15.5. The maximum absolute atomic E-state index is 13.3. The van der Waals surface area contributed by atoms with Gasteiger partial charge in [-0.25, -0.2) is 4.98 Å². The molecule has 0 amide bonds. The van der Waals surface area contributed by atoms with Crippen LogP contribution in [0.5, 0.6) is 11.5 Å². The van der Waals surface area contributed by atoms with Gasteiger partial charge in [-0.1, -0.05) is 28.1 Å². The molecule has 0 aliphatic heterocycles. The summed E-state index contributed by atoms with van der Waals surface area (Å²) < 4.78 is 13.3. The Morgan fingerprint density at radius 2 is 1.97 bits per heavy atom. The number of para-hydroxylation sites is 1. The average Bonchev–Trinajstić information content (AvgIpc) is 3.22. The maximum Gasteiger partial charge on any atom is 0.282 e. The van der Waals surface area contributed by atoms with Crippen LogP contribution in [0.1, 0.15) is 5.56 Å². The number of aromatic hydroxyl groups is 1. The van der Waals surface area contributed by atoms with E-state index in [0.29, 0.717) is 33.6 Å². The predicted octanol–water partition coefficient (Wildman–Crippen LogP) is 5.17. The van der Waals surface area contributed by atoms with E-state index < -0.39 is 0 Å². The van der Waals surface area contributed by atoms with Crippen molar-refractivity contribution in [1.29, 1.82) is 0 Å². The fraction of sp³-hybridized carbons (Fsp3) is 0.0417. The van der Waals surface area contributed by atoms with Crippen LogP contribution in [0, 0.1) is 0 Å². The monoisotopic (exact) mass is 489 g/mol. The Bertz CT molecular complexity index is 1570. The first-order chi connectivity index (χ1) is 15.5. The number of benzene rings is 3. The van der Waals surface area contributed by atoms with Gasteiger partial charge in [0, 0.05) is 9.86 Å². The topological polar surface area (TPSA) is 89.9 Å². The molecular weight excluding hydrogens is 474 g/mol. The van der Waals surface area contributed by atoms with Gasteiger partial charge in [0.2, 0.25) is 5.82 Å². The minimum absolute atomic E-state index is 0.0170. The van der Waals surface area contributed by atoms with Crippen molar-refractivity contribution in [3.05, 3.63) is 87.1 Å². The molecule has 0 spiro atoms. The third-order valence-corrected chi connectivity index (χ3v) is 5.47. The van der Waals surface area contributed by atoms with Gasteiger partial charge in [-0.05, 0) is 60.2 Å². The van der Waals surface area contributed by atoms with E-state index in [4.69, 9.17) is 9.15 Å². The highest BCUT2D eigenvalue weighted by atomic mass is 79.9. The molecular formula is C24H16BrN3O4. The summed E-state index contributed by atoms with van der Waals surface area (Å²) in [7, 11) is 1.46. The van der Waals surface area contributed by atoms with Gasteiger partial charge < -0.3 is 14.3 Å². The smallest absolute Gasteiger partial charge is 0.282 e. The van der Waals surface area contributed by atoms with Crippen molar-refractivity contribution < 1.29 is 14.3 Å². The molecule has 0 radical (unpaired) electrons. The predicted molar refractivity (Wildman–Crippen MR) is 127 cm³/mol. The molecule has 0 saturated heterocycles. The Labute approximate surface area is 190 Å². The molecule has 0 unspecified atom stereocenters. The summed E-state index contributed by atoms with van der Waals surface area (Å²) in [6.07, 6.45) is 1.50. The van der Waals surface area contributed by atoms with E-state index in [0.717, 1.165) is 9.86 Å². The molecule has 5 rings (SSSR count). The number of halogens is 1. The lowest BCUT2D eigenvalue weighted by Crippen LogP contribution is -2.20. The number of methoxy groups -OCH3 is 1. The largest absolute Gasteiger partial charge is 0.504 e. The summed E-state index contributed by atoms with van der Waals surface area (Å²) in [4.78, 5) is 17.9. The lowest BCUT2D eigenvalue weighted by molar-refractivity contribution is 0.373. The van der Waals surface area contributed by atoms with Gasteiger partial charge in [-0.2, -0.15) is 9.78 Å². The lowest BCUT2D eigenvalue weighted by Gasteiger charge is -2.07. The summed E-state index contributed by atoms with van der Waals surface area (Å²) in [5.41, 5.74) is 1.53. The molecule has 0 aliphatic rings. The van der Waals surface area contributed by atoms with E-state index >= 15 is 0 Å². The van der Waals surface area contributed by atoms with Crippen LogP contribution in [-0.4, -0.2) is 28.1 Å². The summed E-state index contributed by atoms with van der Waals surface area (Å²) >= 11 is 3.46. The van der Waals surface area contributed by atoms with Crippen LogP contribution < -0.4 is 10.3 Å². The number of furan rings is 1. The molecule has 3 aromatic carbocycles. The lowest BCUT2D eigenvalue weighted by atomic mass is 10.2. The highest BCUT2D eigenvalue weighted by molar-refractivity contribution is 9.10. The maximum atomic E-state index is 13.3. The van der Waals surface area contributed by atoms with Crippen molar-refractivity contribution in [3.8, 4) is 23.1 Å². The average molecular weight is 490 g/mol. The molecule has 0 aliphatic carbocycles. The zero-order valence-corrected chi connectivity index (χ0v) is 18.4. The Balaban J connectivity index is 1.71. The van der Waals surface area contributed by atoms with Gasteiger partial charge in [0.1, 0.15) is 5.58 Å². The second kappa shape index (κ2) is 7.97. The minimum Gasteiger partial charge on any atom is -0.504 e. The molecule has 0 bridgehead atoms. The van der Waals surface area contributed by atoms with Crippen LogP contribution in [0.2, 0.25) is 0 Å². The summed E-state index contributed by atoms with van der Waals surface area (Å²) in [6, 6.07) is 19.4. The van der Waals surface area contributed by atoms with E-state index in [1.54, 1.807) is 30.3 Å². The van der Waals surface area contributed by atoms with E-state index in [-0.39, 0.29) is 17.1 Å². The Morgan fingerprint density at radius 1 is 1.12 bits per heavy atom. The molecule has 158 valence electrons. The summed E-state index contributed by atoms with van der Waals surface area (Å²) in [6.45, 7) is 0. The molecule has 0 saturated carbocycles. The first kappa shape index (κ1) is 20.0. The normalized spacial score (nSPS) is 11.6. The van der Waals surface area contributed by atoms with Gasteiger partial charge in [-0.15, -0.1) is 0 Å². The van der Waals surface area contributed by atoms with E-state index in [1.165, 1.54) is 24.1 Å². The standard InChI is InChI=1S/C24H16BrN3O4/c1-31-21-10-14(6-8-19(21)29)13-26-28-23(27-18-5-3-2-4-17(18)24(28)30)22-12-15-11-16(25)7-9-20(15)32-22/h2-13,29H,1H3. The van der Waals surface area contributed by atoms with Crippen LogP contribution in [0.3, 0.4) is 0 Å². The van der Waals surface area contributed by atoms with Gasteiger partial charge in [0.25, 0.3) is 5.56 Å². The fourth-order valence-corrected chi connectivity index (χ4v) is 3.79. The van der Waals surface area contributed by atoms with Gasteiger partial charge >= 0.3 is 0 Å². The Hall–Kier alpha value is -3.91. The van der Waals surface area contributed by atoms with Crippen molar-refractivity contribution in [2.75, 3.05) is 7.11 Å². The van der Waals surface area contributed by atoms with Crippen molar-refractivity contribution in [1.82, 2.24) is 9.66 Å². The number of phenols is 1. The molecule has 1 N–H and O–H groups in total. The zero-order valence-electron chi connectivity index (χ0n) is 16.8. The van der Waals surface area contributed by atoms with Crippen molar-refractivity contribution in [3.63, 3.8) is 0 Å². The quantitative estimate of drug-likeness (QED) is 0.351. The zero-order chi connectivity index (χ0) is 22.2. The van der Waals surface area contributed by atoms with Crippen LogP contribution in [-0.2, 0) is 0 Å². The SMILES string of the molecule is COc1cc(C=Nn2c(-c3cc4cc(Br)ccc4o3)nc3ccccc3c2=O)ccc1O.